The van der Waals surface area contributed by atoms with E-state index < -0.39 is 5.82 Å². The van der Waals surface area contributed by atoms with Gasteiger partial charge in [0.2, 0.25) is 0 Å². The van der Waals surface area contributed by atoms with Gasteiger partial charge in [0.25, 0.3) is 5.91 Å². The van der Waals surface area contributed by atoms with E-state index in [2.05, 4.69) is 10.4 Å². The predicted molar refractivity (Wildman–Crippen MR) is 97.1 cm³/mol. The summed E-state index contributed by atoms with van der Waals surface area (Å²) in [6.07, 6.45) is 1.73. The molecule has 134 valence electrons. The van der Waals surface area contributed by atoms with E-state index in [0.29, 0.717) is 11.1 Å². The molecule has 0 bridgehead atoms. The van der Waals surface area contributed by atoms with Crippen molar-refractivity contribution in [1.82, 2.24) is 15.1 Å². The van der Waals surface area contributed by atoms with Gasteiger partial charge >= 0.3 is 0 Å². The van der Waals surface area contributed by atoms with Gasteiger partial charge < -0.3 is 10.1 Å². The molecule has 1 N–H and O–H groups in total. The standard InChI is InChI=1S/C20H20FN3O2/c1-13-10-11-22-24(13)17-7-4-15(5-8-17)20(25)23-14(2)16-6-9-19(26-3)18(21)12-16/h4-12,14H,1-3H3,(H,23,25)/t14-/m1/s1. The van der Waals surface area contributed by atoms with Gasteiger partial charge in [-0.1, -0.05) is 6.07 Å². The number of nitrogens with zero attached hydrogens (tertiary/aromatic N) is 2. The van der Waals surface area contributed by atoms with Crippen LogP contribution in [-0.2, 0) is 0 Å². The first-order valence-corrected chi connectivity index (χ1v) is 8.25. The van der Waals surface area contributed by atoms with Crippen molar-refractivity contribution in [1.29, 1.82) is 0 Å². The highest BCUT2D eigenvalue weighted by Crippen LogP contribution is 2.22. The maximum absolute atomic E-state index is 13.8. The molecule has 1 aromatic heterocycles. The molecule has 0 fully saturated rings. The SMILES string of the molecule is COc1ccc([C@@H](C)NC(=O)c2ccc(-n3nccc3C)cc2)cc1F. The van der Waals surface area contributed by atoms with E-state index in [1.54, 1.807) is 42.1 Å². The number of hydrogen-bond donors (Lipinski definition) is 1. The minimum absolute atomic E-state index is 0.178. The molecular weight excluding hydrogens is 333 g/mol. The van der Waals surface area contributed by atoms with Crippen LogP contribution in [0.25, 0.3) is 5.69 Å². The van der Waals surface area contributed by atoms with Crippen LogP contribution in [0.1, 0.15) is 34.6 Å². The molecule has 0 aliphatic rings. The number of carbonyl (C=O) groups excluding carboxylic acids is 1. The van der Waals surface area contributed by atoms with Gasteiger partial charge in [-0.05, 0) is 61.9 Å². The summed E-state index contributed by atoms with van der Waals surface area (Å²) in [5.41, 5.74) is 3.09. The first-order valence-electron chi connectivity index (χ1n) is 8.25. The molecule has 0 aliphatic heterocycles. The predicted octanol–water partition coefficient (Wildman–Crippen LogP) is 3.82. The quantitative estimate of drug-likeness (QED) is 0.759. The molecule has 3 rings (SSSR count). The Morgan fingerprint density at radius 3 is 2.50 bits per heavy atom. The normalized spacial score (nSPS) is 11.8. The van der Waals surface area contributed by atoms with Gasteiger partial charge in [0.05, 0.1) is 18.8 Å². The van der Waals surface area contributed by atoms with Crippen molar-refractivity contribution in [3.63, 3.8) is 0 Å². The fourth-order valence-corrected chi connectivity index (χ4v) is 2.71. The molecule has 3 aromatic rings. The lowest BCUT2D eigenvalue weighted by Crippen LogP contribution is -2.26. The number of hydrogen-bond acceptors (Lipinski definition) is 3. The Bertz CT molecular complexity index is 919. The lowest BCUT2D eigenvalue weighted by Gasteiger charge is -2.15. The molecule has 2 aromatic carbocycles. The zero-order chi connectivity index (χ0) is 18.7. The second-order valence-corrected chi connectivity index (χ2v) is 6.02. The summed E-state index contributed by atoms with van der Waals surface area (Å²) in [7, 11) is 1.41. The molecule has 1 atom stereocenters. The van der Waals surface area contributed by atoms with Crippen LogP contribution in [0.3, 0.4) is 0 Å². The summed E-state index contributed by atoms with van der Waals surface area (Å²) in [6, 6.07) is 13.4. The van der Waals surface area contributed by atoms with Crippen LogP contribution in [0.4, 0.5) is 4.39 Å². The monoisotopic (exact) mass is 353 g/mol. The summed E-state index contributed by atoms with van der Waals surface area (Å²) in [5.74, 6) is -0.501. The van der Waals surface area contributed by atoms with Crippen LogP contribution >= 0.6 is 0 Å². The van der Waals surface area contributed by atoms with Gasteiger partial charge in [0.1, 0.15) is 0 Å². The highest BCUT2D eigenvalue weighted by atomic mass is 19.1. The van der Waals surface area contributed by atoms with Gasteiger partial charge in [0, 0.05) is 17.5 Å². The third-order valence-electron chi connectivity index (χ3n) is 4.23. The summed E-state index contributed by atoms with van der Waals surface area (Å²) < 4.78 is 20.5. The first kappa shape index (κ1) is 17.7. The number of amides is 1. The zero-order valence-corrected chi connectivity index (χ0v) is 14.9. The van der Waals surface area contributed by atoms with E-state index in [9.17, 15) is 9.18 Å². The second kappa shape index (κ2) is 7.39. The van der Waals surface area contributed by atoms with Crippen LogP contribution in [0, 0.1) is 12.7 Å². The van der Waals surface area contributed by atoms with Gasteiger partial charge in [-0.25, -0.2) is 9.07 Å². The second-order valence-electron chi connectivity index (χ2n) is 6.02. The number of carbonyl (C=O) groups is 1. The highest BCUT2D eigenvalue weighted by molar-refractivity contribution is 5.94. The topological polar surface area (TPSA) is 56.1 Å². The van der Waals surface area contributed by atoms with Crippen molar-refractivity contribution >= 4 is 5.91 Å². The Hall–Kier alpha value is -3.15. The van der Waals surface area contributed by atoms with Crippen molar-refractivity contribution in [3.8, 4) is 11.4 Å². The maximum Gasteiger partial charge on any atom is 0.251 e. The van der Waals surface area contributed by atoms with Crippen molar-refractivity contribution in [2.75, 3.05) is 7.11 Å². The molecule has 0 saturated carbocycles. The lowest BCUT2D eigenvalue weighted by atomic mass is 10.1. The van der Waals surface area contributed by atoms with Crippen LogP contribution in [0.2, 0.25) is 0 Å². The van der Waals surface area contributed by atoms with Crippen molar-refractivity contribution in [2.45, 2.75) is 19.9 Å². The molecule has 0 aliphatic carbocycles. The van der Waals surface area contributed by atoms with Gasteiger partial charge in [-0.15, -0.1) is 0 Å². The fraction of sp³-hybridized carbons (Fsp3) is 0.200. The number of benzene rings is 2. The average Bonchev–Trinajstić information content (AvgIpc) is 3.07. The van der Waals surface area contributed by atoms with E-state index in [-0.39, 0.29) is 17.7 Å². The zero-order valence-electron chi connectivity index (χ0n) is 14.9. The van der Waals surface area contributed by atoms with Crippen LogP contribution in [0.15, 0.2) is 54.7 Å². The molecule has 0 saturated heterocycles. The van der Waals surface area contributed by atoms with Crippen LogP contribution in [-0.4, -0.2) is 22.8 Å². The number of methoxy groups -OCH3 is 1. The van der Waals surface area contributed by atoms with Crippen LogP contribution in [0.5, 0.6) is 5.75 Å². The minimum Gasteiger partial charge on any atom is -0.494 e. The fourth-order valence-electron chi connectivity index (χ4n) is 2.71. The van der Waals surface area contributed by atoms with E-state index in [0.717, 1.165) is 11.4 Å². The number of rotatable bonds is 5. The largest absolute Gasteiger partial charge is 0.494 e. The Kier molecular flexibility index (Phi) is 5.02. The van der Waals surface area contributed by atoms with Crippen molar-refractivity contribution < 1.29 is 13.9 Å². The van der Waals surface area contributed by atoms with E-state index >= 15 is 0 Å². The van der Waals surface area contributed by atoms with Crippen LogP contribution < -0.4 is 10.1 Å². The molecule has 1 heterocycles. The Morgan fingerprint density at radius 1 is 1.19 bits per heavy atom. The molecule has 6 heteroatoms. The molecule has 0 radical (unpaired) electrons. The Morgan fingerprint density at radius 2 is 1.92 bits per heavy atom. The Labute approximate surface area is 151 Å². The van der Waals surface area contributed by atoms with Gasteiger partial charge in [-0.3, -0.25) is 4.79 Å². The minimum atomic E-state index is -0.454. The third kappa shape index (κ3) is 3.59. The lowest BCUT2D eigenvalue weighted by molar-refractivity contribution is 0.0940. The summed E-state index contributed by atoms with van der Waals surface area (Å²) >= 11 is 0. The molecule has 0 spiro atoms. The Balaban J connectivity index is 1.71. The number of aryl methyl sites for hydroxylation is 1. The summed E-state index contributed by atoms with van der Waals surface area (Å²) in [4.78, 5) is 12.4. The number of nitrogens with one attached hydrogen (secondary N) is 1. The van der Waals surface area contributed by atoms with Gasteiger partial charge in [-0.2, -0.15) is 5.10 Å². The molecule has 0 unspecified atom stereocenters. The molecule has 26 heavy (non-hydrogen) atoms. The van der Waals surface area contributed by atoms with E-state index in [1.807, 2.05) is 25.1 Å². The number of aromatic nitrogens is 2. The number of ether oxygens (including phenoxy) is 1. The maximum atomic E-state index is 13.8. The molecule has 5 nitrogen and oxygen atoms in total. The number of halogens is 1. The van der Waals surface area contributed by atoms with E-state index in [1.165, 1.54) is 13.2 Å². The molecule has 1 amide bonds. The van der Waals surface area contributed by atoms with Crippen molar-refractivity contribution in [3.05, 3.63) is 77.4 Å². The summed E-state index contributed by atoms with van der Waals surface area (Å²) in [6.45, 7) is 3.77. The van der Waals surface area contributed by atoms with Gasteiger partial charge in [0.15, 0.2) is 11.6 Å². The average molecular weight is 353 g/mol. The van der Waals surface area contributed by atoms with E-state index in [4.69, 9.17) is 4.74 Å². The third-order valence-corrected chi connectivity index (χ3v) is 4.23. The smallest absolute Gasteiger partial charge is 0.251 e. The summed E-state index contributed by atoms with van der Waals surface area (Å²) in [5, 5.41) is 7.12. The molecular formula is C20H20FN3O2. The first-order chi connectivity index (χ1) is 12.5. The highest BCUT2D eigenvalue weighted by Gasteiger charge is 2.14. The van der Waals surface area contributed by atoms with Crippen molar-refractivity contribution in [2.24, 2.45) is 0 Å².